The number of rotatable bonds is 8. The molecule has 0 saturated heterocycles. The van der Waals surface area contributed by atoms with Crippen LogP contribution in [0, 0.1) is 0 Å². The van der Waals surface area contributed by atoms with Crippen LogP contribution in [0.25, 0.3) is 0 Å². The zero-order valence-electron chi connectivity index (χ0n) is 11.9. The summed E-state index contributed by atoms with van der Waals surface area (Å²) < 4.78 is 26.4. The van der Waals surface area contributed by atoms with Gasteiger partial charge >= 0.3 is 0 Å². The van der Waals surface area contributed by atoms with Gasteiger partial charge in [-0.15, -0.1) is 0 Å². The van der Waals surface area contributed by atoms with Gasteiger partial charge in [0.2, 0.25) is 10.0 Å². The second kappa shape index (κ2) is 7.90. The molecule has 112 valence electrons. The van der Waals surface area contributed by atoms with E-state index in [0.717, 1.165) is 24.1 Å². The third kappa shape index (κ3) is 6.06. The molecule has 0 amide bonds. The van der Waals surface area contributed by atoms with E-state index in [9.17, 15) is 8.42 Å². The van der Waals surface area contributed by atoms with E-state index in [-0.39, 0.29) is 5.75 Å². The molecule has 1 aromatic heterocycles. The summed E-state index contributed by atoms with van der Waals surface area (Å²) in [5, 5.41) is 0. The minimum Gasteiger partial charge on any atom is -0.261 e. The Kier molecular flexibility index (Phi) is 5.90. The standard InChI is InChI=1S/C16H20N2O2S/c19-21(20,14-11-15-7-2-1-3-8-15)18-13-6-10-16-9-4-5-12-17-16/h1-5,7-9,12,18H,6,10-11,13-14H2. The van der Waals surface area contributed by atoms with Gasteiger partial charge in [0, 0.05) is 18.4 Å². The first-order valence-corrected chi connectivity index (χ1v) is 8.72. The van der Waals surface area contributed by atoms with Gasteiger partial charge in [0.15, 0.2) is 0 Å². The number of benzene rings is 1. The summed E-state index contributed by atoms with van der Waals surface area (Å²) in [7, 11) is -3.20. The molecule has 4 nitrogen and oxygen atoms in total. The molecule has 5 heteroatoms. The Morgan fingerprint density at radius 2 is 1.71 bits per heavy atom. The van der Waals surface area contributed by atoms with Crippen molar-refractivity contribution in [2.45, 2.75) is 19.3 Å². The largest absolute Gasteiger partial charge is 0.261 e. The highest BCUT2D eigenvalue weighted by atomic mass is 32.2. The Hall–Kier alpha value is -1.72. The van der Waals surface area contributed by atoms with E-state index < -0.39 is 10.0 Å². The van der Waals surface area contributed by atoms with Gasteiger partial charge < -0.3 is 0 Å². The molecule has 21 heavy (non-hydrogen) atoms. The maximum absolute atomic E-state index is 11.9. The van der Waals surface area contributed by atoms with Crippen molar-refractivity contribution in [2.75, 3.05) is 12.3 Å². The van der Waals surface area contributed by atoms with Crippen molar-refractivity contribution in [1.29, 1.82) is 0 Å². The number of hydrogen-bond donors (Lipinski definition) is 1. The van der Waals surface area contributed by atoms with Crippen LogP contribution in [0.2, 0.25) is 0 Å². The number of pyridine rings is 1. The molecule has 2 rings (SSSR count). The quantitative estimate of drug-likeness (QED) is 0.760. The highest BCUT2D eigenvalue weighted by molar-refractivity contribution is 7.89. The Morgan fingerprint density at radius 1 is 0.952 bits per heavy atom. The molecule has 0 aliphatic carbocycles. The van der Waals surface area contributed by atoms with Gasteiger partial charge in [-0.1, -0.05) is 36.4 Å². The summed E-state index contributed by atoms with van der Waals surface area (Å²) in [5.41, 5.74) is 2.03. The lowest BCUT2D eigenvalue weighted by molar-refractivity contribution is 0.578. The van der Waals surface area contributed by atoms with E-state index in [1.165, 1.54) is 0 Å². The highest BCUT2D eigenvalue weighted by Crippen LogP contribution is 2.02. The Bertz CT molecular complexity index is 628. The van der Waals surface area contributed by atoms with E-state index in [1.54, 1.807) is 6.20 Å². The minimum absolute atomic E-state index is 0.126. The van der Waals surface area contributed by atoms with Gasteiger partial charge in [-0.05, 0) is 37.0 Å². The topological polar surface area (TPSA) is 59.1 Å². The monoisotopic (exact) mass is 304 g/mol. The Morgan fingerprint density at radius 3 is 2.43 bits per heavy atom. The van der Waals surface area contributed by atoms with E-state index >= 15 is 0 Å². The van der Waals surface area contributed by atoms with Crippen molar-refractivity contribution < 1.29 is 8.42 Å². The summed E-state index contributed by atoms with van der Waals surface area (Å²) in [6, 6.07) is 15.4. The van der Waals surface area contributed by atoms with Gasteiger partial charge in [-0.3, -0.25) is 4.98 Å². The summed E-state index contributed by atoms with van der Waals surface area (Å²) in [4.78, 5) is 4.21. The van der Waals surface area contributed by atoms with Crippen molar-refractivity contribution in [3.63, 3.8) is 0 Å². The summed E-state index contributed by atoms with van der Waals surface area (Å²) in [6.45, 7) is 0.452. The fourth-order valence-electron chi connectivity index (χ4n) is 2.01. The smallest absolute Gasteiger partial charge is 0.211 e. The summed E-state index contributed by atoms with van der Waals surface area (Å²) in [5.74, 6) is 0.126. The average molecular weight is 304 g/mol. The van der Waals surface area contributed by atoms with E-state index in [2.05, 4.69) is 9.71 Å². The fraction of sp³-hybridized carbons (Fsp3) is 0.312. The molecule has 1 N–H and O–H groups in total. The molecular weight excluding hydrogens is 284 g/mol. The molecule has 0 bridgehead atoms. The maximum Gasteiger partial charge on any atom is 0.211 e. The maximum atomic E-state index is 11.9. The molecule has 0 fully saturated rings. The van der Waals surface area contributed by atoms with Crippen LogP contribution in [0.4, 0.5) is 0 Å². The fourth-order valence-corrected chi connectivity index (χ4v) is 3.12. The number of hydrogen-bond acceptors (Lipinski definition) is 3. The Balaban J connectivity index is 1.69. The van der Waals surface area contributed by atoms with E-state index in [4.69, 9.17) is 0 Å². The van der Waals surface area contributed by atoms with Gasteiger partial charge in [0.25, 0.3) is 0 Å². The molecule has 0 unspecified atom stereocenters. The lowest BCUT2D eigenvalue weighted by Gasteiger charge is -2.06. The highest BCUT2D eigenvalue weighted by Gasteiger charge is 2.09. The van der Waals surface area contributed by atoms with Crippen molar-refractivity contribution in [2.24, 2.45) is 0 Å². The van der Waals surface area contributed by atoms with Crippen molar-refractivity contribution >= 4 is 10.0 Å². The molecule has 1 heterocycles. The lowest BCUT2D eigenvalue weighted by Crippen LogP contribution is -2.28. The first-order valence-electron chi connectivity index (χ1n) is 7.07. The average Bonchev–Trinajstić information content (AvgIpc) is 2.52. The molecule has 2 aromatic rings. The van der Waals surface area contributed by atoms with Gasteiger partial charge in [0.05, 0.1) is 5.75 Å². The molecule has 0 atom stereocenters. The first-order chi connectivity index (χ1) is 10.2. The second-order valence-electron chi connectivity index (χ2n) is 4.87. The normalized spacial score (nSPS) is 11.4. The minimum atomic E-state index is -3.20. The van der Waals surface area contributed by atoms with E-state index in [1.807, 2.05) is 48.5 Å². The number of aryl methyl sites for hydroxylation is 2. The van der Waals surface area contributed by atoms with Crippen LogP contribution >= 0.6 is 0 Å². The lowest BCUT2D eigenvalue weighted by atomic mass is 10.2. The first kappa shape index (κ1) is 15.7. The third-order valence-corrected chi connectivity index (χ3v) is 4.55. The van der Waals surface area contributed by atoms with Gasteiger partial charge in [-0.2, -0.15) is 0 Å². The second-order valence-corrected chi connectivity index (χ2v) is 6.80. The van der Waals surface area contributed by atoms with Crippen LogP contribution in [0.15, 0.2) is 54.7 Å². The number of sulfonamides is 1. The van der Waals surface area contributed by atoms with Crippen molar-refractivity contribution in [3.05, 3.63) is 66.0 Å². The van der Waals surface area contributed by atoms with Crippen LogP contribution < -0.4 is 4.72 Å². The number of nitrogens with one attached hydrogen (secondary N) is 1. The van der Waals surface area contributed by atoms with Gasteiger partial charge in [-0.25, -0.2) is 13.1 Å². The molecular formula is C16H20N2O2S. The van der Waals surface area contributed by atoms with Crippen LogP contribution in [-0.4, -0.2) is 25.7 Å². The van der Waals surface area contributed by atoms with Crippen molar-refractivity contribution in [1.82, 2.24) is 9.71 Å². The zero-order valence-corrected chi connectivity index (χ0v) is 12.7. The van der Waals surface area contributed by atoms with Crippen LogP contribution in [-0.2, 0) is 22.9 Å². The zero-order chi connectivity index (χ0) is 15.0. The summed E-state index contributed by atoms with van der Waals surface area (Å²) in [6.07, 6.45) is 3.82. The number of nitrogens with zero attached hydrogens (tertiary/aromatic N) is 1. The predicted octanol–water partition coefficient (Wildman–Crippen LogP) is 2.18. The molecule has 0 radical (unpaired) electrons. The molecule has 0 aliphatic rings. The van der Waals surface area contributed by atoms with E-state index in [0.29, 0.717) is 13.0 Å². The SMILES string of the molecule is O=S(=O)(CCc1ccccc1)NCCCc1ccccn1. The summed E-state index contributed by atoms with van der Waals surface area (Å²) >= 11 is 0. The van der Waals surface area contributed by atoms with Crippen LogP contribution in [0.3, 0.4) is 0 Å². The molecule has 0 aliphatic heterocycles. The molecule has 0 spiro atoms. The van der Waals surface area contributed by atoms with Crippen LogP contribution in [0.5, 0.6) is 0 Å². The molecule has 1 aromatic carbocycles. The third-order valence-electron chi connectivity index (χ3n) is 3.16. The van der Waals surface area contributed by atoms with Gasteiger partial charge in [0.1, 0.15) is 0 Å². The molecule has 0 saturated carbocycles. The van der Waals surface area contributed by atoms with Crippen molar-refractivity contribution in [3.8, 4) is 0 Å². The predicted molar refractivity (Wildman–Crippen MR) is 84.5 cm³/mol. The number of aromatic nitrogens is 1. The Labute approximate surface area is 126 Å². The van der Waals surface area contributed by atoms with Crippen LogP contribution in [0.1, 0.15) is 17.7 Å².